The summed E-state index contributed by atoms with van der Waals surface area (Å²) in [5, 5.41) is 0. The third kappa shape index (κ3) is 2.66. The number of likely N-dealkylation sites (tertiary alicyclic amines) is 1. The van der Waals surface area contributed by atoms with Crippen molar-refractivity contribution in [2.75, 3.05) is 20.2 Å². The summed E-state index contributed by atoms with van der Waals surface area (Å²) in [6.45, 7) is 1.75. The first-order chi connectivity index (χ1) is 9.78. The van der Waals surface area contributed by atoms with Crippen molar-refractivity contribution in [3.05, 3.63) is 29.8 Å². The second-order valence-corrected chi connectivity index (χ2v) is 5.58. The van der Waals surface area contributed by atoms with Crippen LogP contribution in [0.5, 0.6) is 5.75 Å². The first-order valence-electron chi connectivity index (χ1n) is 7.34. The molecule has 0 spiro atoms. The van der Waals surface area contributed by atoms with Crippen molar-refractivity contribution in [2.45, 2.75) is 37.8 Å². The van der Waals surface area contributed by atoms with Gasteiger partial charge in [-0.3, -0.25) is 9.69 Å². The summed E-state index contributed by atoms with van der Waals surface area (Å²) in [6.07, 6.45) is 4.22. The molecule has 0 radical (unpaired) electrons. The Labute approximate surface area is 119 Å². The Bertz CT molecular complexity index is 463. The van der Waals surface area contributed by atoms with Crippen LogP contribution in [0.2, 0.25) is 0 Å². The molecule has 2 aliphatic rings. The SMILES string of the molecule is COC(=O)[C@H]1CCCCN1CC1Cc2ccccc2O1. The summed E-state index contributed by atoms with van der Waals surface area (Å²) in [7, 11) is 1.47. The smallest absolute Gasteiger partial charge is 0.323 e. The number of nitrogens with zero attached hydrogens (tertiary/aromatic N) is 1. The van der Waals surface area contributed by atoms with Crippen LogP contribution in [0.4, 0.5) is 0 Å². The molecule has 0 bridgehead atoms. The maximum atomic E-state index is 11.9. The minimum atomic E-state index is -0.111. The van der Waals surface area contributed by atoms with Gasteiger partial charge in [0.05, 0.1) is 7.11 Å². The lowest BCUT2D eigenvalue weighted by Crippen LogP contribution is -2.49. The van der Waals surface area contributed by atoms with E-state index in [1.807, 2.05) is 18.2 Å². The largest absolute Gasteiger partial charge is 0.488 e. The number of piperidine rings is 1. The van der Waals surface area contributed by atoms with Crippen molar-refractivity contribution in [2.24, 2.45) is 0 Å². The van der Waals surface area contributed by atoms with Gasteiger partial charge in [-0.2, -0.15) is 0 Å². The van der Waals surface area contributed by atoms with Crippen LogP contribution in [0.25, 0.3) is 0 Å². The molecule has 20 heavy (non-hydrogen) atoms. The van der Waals surface area contributed by atoms with Crippen LogP contribution in [-0.4, -0.2) is 43.2 Å². The van der Waals surface area contributed by atoms with Gasteiger partial charge >= 0.3 is 5.97 Å². The molecule has 4 nitrogen and oxygen atoms in total. The van der Waals surface area contributed by atoms with Crippen molar-refractivity contribution in [3.8, 4) is 5.75 Å². The zero-order valence-corrected chi connectivity index (χ0v) is 11.9. The molecule has 2 atom stereocenters. The second kappa shape index (κ2) is 5.83. The number of ether oxygens (including phenoxy) is 2. The third-order valence-electron chi connectivity index (χ3n) is 4.24. The number of rotatable bonds is 3. The minimum Gasteiger partial charge on any atom is -0.488 e. The molecular formula is C16H21NO3. The lowest BCUT2D eigenvalue weighted by atomic mass is 10.0. The molecule has 3 rings (SSSR count). The lowest BCUT2D eigenvalue weighted by molar-refractivity contribution is -0.148. The Morgan fingerprint density at radius 3 is 3.05 bits per heavy atom. The van der Waals surface area contributed by atoms with Crippen molar-refractivity contribution < 1.29 is 14.3 Å². The zero-order valence-electron chi connectivity index (χ0n) is 11.9. The van der Waals surface area contributed by atoms with Crippen LogP contribution in [0.1, 0.15) is 24.8 Å². The van der Waals surface area contributed by atoms with Crippen molar-refractivity contribution in [1.29, 1.82) is 0 Å². The third-order valence-corrected chi connectivity index (χ3v) is 4.24. The fourth-order valence-corrected chi connectivity index (χ4v) is 3.23. The van der Waals surface area contributed by atoms with Gasteiger partial charge < -0.3 is 9.47 Å². The standard InChI is InChI=1S/C16H21NO3/c1-19-16(18)14-7-4-5-9-17(14)11-13-10-12-6-2-3-8-15(12)20-13/h2-3,6,8,13-14H,4-5,7,9-11H2,1H3/t13?,14-/m1/s1. The van der Waals surface area contributed by atoms with Crippen LogP contribution in [0, 0.1) is 0 Å². The number of esters is 1. The van der Waals surface area contributed by atoms with Crippen LogP contribution in [0.15, 0.2) is 24.3 Å². The van der Waals surface area contributed by atoms with Gasteiger partial charge in [-0.1, -0.05) is 24.6 Å². The average Bonchev–Trinajstić information content (AvgIpc) is 2.89. The number of methoxy groups -OCH3 is 1. The molecule has 2 heterocycles. The second-order valence-electron chi connectivity index (χ2n) is 5.58. The van der Waals surface area contributed by atoms with Gasteiger partial charge in [-0.15, -0.1) is 0 Å². The zero-order chi connectivity index (χ0) is 13.9. The molecule has 0 aromatic heterocycles. The molecule has 0 aliphatic carbocycles. The molecule has 2 aliphatic heterocycles. The van der Waals surface area contributed by atoms with E-state index in [0.717, 1.165) is 44.5 Å². The summed E-state index contributed by atoms with van der Waals surface area (Å²) in [5.41, 5.74) is 1.27. The highest BCUT2D eigenvalue weighted by Gasteiger charge is 2.33. The van der Waals surface area contributed by atoms with E-state index in [1.165, 1.54) is 12.7 Å². The summed E-state index contributed by atoms with van der Waals surface area (Å²) in [5.74, 6) is 0.879. The Hall–Kier alpha value is -1.55. The molecule has 0 saturated carbocycles. The maximum absolute atomic E-state index is 11.9. The summed E-state index contributed by atoms with van der Waals surface area (Å²) in [4.78, 5) is 14.1. The predicted octanol–water partition coefficient (Wildman–Crippen LogP) is 2.02. The number of carbonyl (C=O) groups excluding carboxylic acids is 1. The number of hydrogen-bond donors (Lipinski definition) is 0. The van der Waals surface area contributed by atoms with Gasteiger partial charge in [-0.05, 0) is 31.0 Å². The summed E-state index contributed by atoms with van der Waals surface area (Å²) < 4.78 is 10.9. The van der Waals surface area contributed by atoms with Gasteiger partial charge in [0.15, 0.2) is 0 Å². The van der Waals surface area contributed by atoms with Crippen LogP contribution < -0.4 is 4.74 Å². The van der Waals surface area contributed by atoms with E-state index in [2.05, 4.69) is 11.0 Å². The van der Waals surface area contributed by atoms with Gasteiger partial charge in [0, 0.05) is 13.0 Å². The van der Waals surface area contributed by atoms with E-state index in [-0.39, 0.29) is 18.1 Å². The van der Waals surface area contributed by atoms with E-state index in [9.17, 15) is 4.79 Å². The molecule has 1 saturated heterocycles. The Morgan fingerprint density at radius 1 is 1.40 bits per heavy atom. The number of carbonyl (C=O) groups is 1. The molecule has 1 aromatic carbocycles. The predicted molar refractivity (Wildman–Crippen MR) is 75.8 cm³/mol. The topological polar surface area (TPSA) is 38.8 Å². The molecule has 4 heteroatoms. The van der Waals surface area contributed by atoms with Crippen LogP contribution in [-0.2, 0) is 16.0 Å². The van der Waals surface area contributed by atoms with Gasteiger partial charge in [0.25, 0.3) is 0 Å². The molecule has 1 fully saturated rings. The Morgan fingerprint density at radius 2 is 2.25 bits per heavy atom. The quantitative estimate of drug-likeness (QED) is 0.791. The van der Waals surface area contributed by atoms with Crippen molar-refractivity contribution >= 4 is 5.97 Å². The fraction of sp³-hybridized carbons (Fsp3) is 0.562. The van der Waals surface area contributed by atoms with Crippen LogP contribution >= 0.6 is 0 Å². The monoisotopic (exact) mass is 275 g/mol. The highest BCUT2D eigenvalue weighted by molar-refractivity contribution is 5.75. The Balaban J connectivity index is 1.64. The molecule has 0 N–H and O–H groups in total. The van der Waals surface area contributed by atoms with Crippen molar-refractivity contribution in [1.82, 2.24) is 4.90 Å². The molecule has 108 valence electrons. The van der Waals surface area contributed by atoms with E-state index in [1.54, 1.807) is 0 Å². The number of benzene rings is 1. The summed E-state index contributed by atoms with van der Waals surface area (Å²) >= 11 is 0. The normalized spacial score (nSPS) is 25.9. The van der Waals surface area contributed by atoms with Gasteiger partial charge in [0.1, 0.15) is 17.9 Å². The number of para-hydroxylation sites is 1. The Kier molecular flexibility index (Phi) is 3.92. The number of fused-ring (bicyclic) bond motifs is 1. The van der Waals surface area contributed by atoms with Crippen molar-refractivity contribution in [3.63, 3.8) is 0 Å². The molecule has 1 unspecified atom stereocenters. The summed E-state index contributed by atoms with van der Waals surface area (Å²) in [6, 6.07) is 8.08. The lowest BCUT2D eigenvalue weighted by Gasteiger charge is -2.34. The van der Waals surface area contributed by atoms with Gasteiger partial charge in [0.2, 0.25) is 0 Å². The fourth-order valence-electron chi connectivity index (χ4n) is 3.23. The van der Waals surface area contributed by atoms with E-state index in [4.69, 9.17) is 9.47 Å². The van der Waals surface area contributed by atoms with E-state index in [0.29, 0.717) is 0 Å². The highest BCUT2D eigenvalue weighted by atomic mass is 16.5. The maximum Gasteiger partial charge on any atom is 0.323 e. The van der Waals surface area contributed by atoms with E-state index < -0.39 is 0 Å². The van der Waals surface area contributed by atoms with Crippen LogP contribution in [0.3, 0.4) is 0 Å². The molecular weight excluding hydrogens is 254 g/mol. The molecule has 1 aromatic rings. The van der Waals surface area contributed by atoms with E-state index >= 15 is 0 Å². The number of hydrogen-bond acceptors (Lipinski definition) is 4. The molecule has 0 amide bonds. The minimum absolute atomic E-state index is 0.0962. The van der Waals surface area contributed by atoms with Gasteiger partial charge in [-0.25, -0.2) is 0 Å². The highest BCUT2D eigenvalue weighted by Crippen LogP contribution is 2.29. The first-order valence-corrected chi connectivity index (χ1v) is 7.34. The first kappa shape index (κ1) is 13.4. The average molecular weight is 275 g/mol.